The number of nitrogens with zero attached hydrogens (tertiary/aromatic N) is 3. The summed E-state index contributed by atoms with van der Waals surface area (Å²) in [7, 11) is 1.98. The van der Waals surface area contributed by atoms with Gasteiger partial charge < -0.3 is 15.0 Å². The fraction of sp³-hybridized carbons (Fsp3) is 0.600. The fourth-order valence-electron chi connectivity index (χ4n) is 3.14. The highest BCUT2D eigenvalue weighted by Crippen LogP contribution is 2.30. The van der Waals surface area contributed by atoms with Crippen LogP contribution in [0.15, 0.2) is 18.6 Å². The Hall–Kier alpha value is -1.62. The lowest BCUT2D eigenvalue weighted by atomic mass is 9.80. The lowest BCUT2D eigenvalue weighted by molar-refractivity contribution is 0.151. The van der Waals surface area contributed by atoms with Gasteiger partial charge in [0.2, 0.25) is 5.88 Å². The summed E-state index contributed by atoms with van der Waals surface area (Å²) in [6.07, 6.45) is 8.59. The topological polar surface area (TPSA) is 66.0 Å². The number of fused-ring (bicyclic) bond motifs is 1. The maximum absolute atomic E-state index is 5.96. The van der Waals surface area contributed by atoms with Crippen LogP contribution in [0.1, 0.15) is 25.7 Å². The molecule has 3 rings (SSSR count). The summed E-state index contributed by atoms with van der Waals surface area (Å²) in [6.45, 7) is 1.46. The van der Waals surface area contributed by atoms with Gasteiger partial charge in [0.1, 0.15) is 0 Å². The van der Waals surface area contributed by atoms with Crippen molar-refractivity contribution in [2.75, 3.05) is 13.2 Å². The van der Waals surface area contributed by atoms with E-state index < -0.39 is 0 Å². The number of rotatable bonds is 4. The largest absolute Gasteiger partial charge is 0.476 e. The van der Waals surface area contributed by atoms with Gasteiger partial charge in [-0.2, -0.15) is 0 Å². The molecule has 0 bridgehead atoms. The van der Waals surface area contributed by atoms with Gasteiger partial charge in [0.15, 0.2) is 5.52 Å². The maximum atomic E-state index is 5.96. The van der Waals surface area contributed by atoms with Crippen molar-refractivity contribution in [1.29, 1.82) is 0 Å². The van der Waals surface area contributed by atoms with Gasteiger partial charge in [-0.05, 0) is 37.3 Å². The normalized spacial score (nSPS) is 23.1. The highest BCUT2D eigenvalue weighted by Gasteiger charge is 2.25. The van der Waals surface area contributed by atoms with Gasteiger partial charge in [-0.1, -0.05) is 12.8 Å². The van der Waals surface area contributed by atoms with Crippen LogP contribution in [0.4, 0.5) is 0 Å². The number of ether oxygens (including phenoxy) is 1. The molecule has 5 heteroatoms. The lowest BCUT2D eigenvalue weighted by Crippen LogP contribution is -2.30. The van der Waals surface area contributed by atoms with Crippen molar-refractivity contribution in [1.82, 2.24) is 14.5 Å². The summed E-state index contributed by atoms with van der Waals surface area (Å²) in [5, 5.41) is 0. The van der Waals surface area contributed by atoms with Crippen molar-refractivity contribution in [3.8, 4) is 5.88 Å². The van der Waals surface area contributed by atoms with Crippen molar-refractivity contribution >= 4 is 11.0 Å². The molecule has 1 aliphatic rings. The van der Waals surface area contributed by atoms with Gasteiger partial charge in [0.05, 0.1) is 18.5 Å². The minimum absolute atomic E-state index is 0.550. The molecule has 0 saturated heterocycles. The standard InChI is InChI=1S/C15H22N4O/c1-19-10-18-14-13(19)6-7-17-15(14)20-9-12-5-3-2-4-11(12)8-16/h6-7,10-12H,2-5,8-9,16H2,1H3. The second-order valence-corrected chi connectivity index (χ2v) is 5.69. The van der Waals surface area contributed by atoms with Crippen molar-refractivity contribution < 1.29 is 4.74 Å². The van der Waals surface area contributed by atoms with Crippen LogP contribution in [0, 0.1) is 11.8 Å². The number of nitrogens with two attached hydrogens (primary N) is 1. The van der Waals surface area contributed by atoms with Crippen LogP contribution in [0.2, 0.25) is 0 Å². The van der Waals surface area contributed by atoms with E-state index in [0.717, 1.165) is 17.6 Å². The molecule has 0 amide bonds. The fourth-order valence-corrected chi connectivity index (χ4v) is 3.14. The third-order valence-electron chi connectivity index (χ3n) is 4.41. The predicted octanol–water partition coefficient (Wildman–Crippen LogP) is 2.11. The first-order valence-corrected chi connectivity index (χ1v) is 7.38. The zero-order valence-electron chi connectivity index (χ0n) is 12.0. The Morgan fingerprint density at radius 2 is 2.10 bits per heavy atom. The molecule has 1 saturated carbocycles. The van der Waals surface area contributed by atoms with E-state index in [1.165, 1.54) is 25.7 Å². The monoisotopic (exact) mass is 274 g/mol. The second kappa shape index (κ2) is 5.79. The molecule has 0 spiro atoms. The second-order valence-electron chi connectivity index (χ2n) is 5.69. The molecule has 0 aliphatic heterocycles. The van der Waals surface area contributed by atoms with E-state index in [-0.39, 0.29) is 0 Å². The highest BCUT2D eigenvalue weighted by molar-refractivity contribution is 5.79. The summed E-state index contributed by atoms with van der Waals surface area (Å²) >= 11 is 0. The zero-order valence-corrected chi connectivity index (χ0v) is 12.0. The number of aromatic nitrogens is 3. The zero-order chi connectivity index (χ0) is 13.9. The molecule has 20 heavy (non-hydrogen) atoms. The smallest absolute Gasteiger partial charge is 0.242 e. The van der Waals surface area contributed by atoms with Crippen LogP contribution in [-0.4, -0.2) is 27.7 Å². The summed E-state index contributed by atoms with van der Waals surface area (Å²) < 4.78 is 7.94. The number of imidazole rings is 1. The predicted molar refractivity (Wildman–Crippen MR) is 78.5 cm³/mol. The maximum Gasteiger partial charge on any atom is 0.242 e. The molecule has 1 aliphatic carbocycles. The van der Waals surface area contributed by atoms with Crippen molar-refractivity contribution in [2.24, 2.45) is 24.6 Å². The first-order valence-electron chi connectivity index (χ1n) is 7.38. The minimum Gasteiger partial charge on any atom is -0.476 e. The SMILES string of the molecule is Cn1cnc2c(OCC3CCCCC3CN)nccc21. The molecular weight excluding hydrogens is 252 g/mol. The average Bonchev–Trinajstić information content (AvgIpc) is 2.88. The van der Waals surface area contributed by atoms with E-state index in [9.17, 15) is 0 Å². The van der Waals surface area contributed by atoms with Crippen LogP contribution in [0.3, 0.4) is 0 Å². The summed E-state index contributed by atoms with van der Waals surface area (Å²) in [5.41, 5.74) is 7.76. The minimum atomic E-state index is 0.550. The molecule has 0 radical (unpaired) electrons. The van der Waals surface area contributed by atoms with Gasteiger partial charge in [-0.15, -0.1) is 0 Å². The number of aryl methyl sites for hydroxylation is 1. The summed E-state index contributed by atoms with van der Waals surface area (Å²) in [4.78, 5) is 8.70. The van der Waals surface area contributed by atoms with Gasteiger partial charge in [0, 0.05) is 13.2 Å². The van der Waals surface area contributed by atoms with Crippen LogP contribution < -0.4 is 10.5 Å². The van der Waals surface area contributed by atoms with E-state index >= 15 is 0 Å². The van der Waals surface area contributed by atoms with Crippen LogP contribution >= 0.6 is 0 Å². The Labute approximate surface area is 119 Å². The number of pyridine rings is 1. The van der Waals surface area contributed by atoms with Gasteiger partial charge in [-0.25, -0.2) is 9.97 Å². The molecule has 5 nitrogen and oxygen atoms in total. The molecule has 2 aromatic rings. The van der Waals surface area contributed by atoms with Crippen LogP contribution in [-0.2, 0) is 7.05 Å². The molecule has 2 aromatic heterocycles. The Balaban J connectivity index is 1.73. The number of hydrogen-bond donors (Lipinski definition) is 1. The quantitative estimate of drug-likeness (QED) is 0.927. The van der Waals surface area contributed by atoms with Gasteiger partial charge in [-0.3, -0.25) is 0 Å². The van der Waals surface area contributed by atoms with Crippen molar-refractivity contribution in [3.63, 3.8) is 0 Å². The van der Waals surface area contributed by atoms with Gasteiger partial charge >= 0.3 is 0 Å². The first kappa shape index (κ1) is 13.4. The van der Waals surface area contributed by atoms with E-state index in [2.05, 4.69) is 9.97 Å². The van der Waals surface area contributed by atoms with Crippen molar-refractivity contribution in [3.05, 3.63) is 18.6 Å². The molecule has 0 aromatic carbocycles. The third kappa shape index (κ3) is 2.50. The molecule has 108 valence electrons. The lowest BCUT2D eigenvalue weighted by Gasteiger charge is -2.30. The van der Waals surface area contributed by atoms with Gasteiger partial charge in [0.25, 0.3) is 0 Å². The van der Waals surface area contributed by atoms with E-state index in [4.69, 9.17) is 10.5 Å². The third-order valence-corrected chi connectivity index (χ3v) is 4.41. The van der Waals surface area contributed by atoms with Crippen molar-refractivity contribution in [2.45, 2.75) is 25.7 Å². The van der Waals surface area contributed by atoms with E-state index in [1.54, 1.807) is 12.5 Å². The Morgan fingerprint density at radius 1 is 1.30 bits per heavy atom. The molecule has 2 unspecified atom stereocenters. The Kier molecular flexibility index (Phi) is 3.87. The molecule has 1 fully saturated rings. The van der Waals surface area contributed by atoms with E-state index in [1.807, 2.05) is 17.7 Å². The Bertz CT molecular complexity index is 580. The summed E-state index contributed by atoms with van der Waals surface area (Å²) in [6, 6.07) is 1.96. The molecular formula is C15H22N4O. The van der Waals surface area contributed by atoms with Crippen LogP contribution in [0.25, 0.3) is 11.0 Å². The molecule has 2 atom stereocenters. The highest BCUT2D eigenvalue weighted by atomic mass is 16.5. The summed E-state index contributed by atoms with van der Waals surface area (Å²) in [5.74, 6) is 1.78. The van der Waals surface area contributed by atoms with E-state index in [0.29, 0.717) is 24.3 Å². The molecule has 2 N–H and O–H groups in total. The number of hydrogen-bond acceptors (Lipinski definition) is 4. The Morgan fingerprint density at radius 3 is 2.90 bits per heavy atom. The first-order chi connectivity index (χ1) is 9.79. The average molecular weight is 274 g/mol. The molecule has 2 heterocycles. The van der Waals surface area contributed by atoms with Crippen LogP contribution in [0.5, 0.6) is 5.88 Å².